The standard InChI is InChI=1S/C31H36ClN5O5/c1-6-24(26-33-27-25(20(2)34-42-27)29(39)36(26)19-21-11-8-7-9-12-21)35(28(38)22-13-15-23(32)16-14-22)17-10-18-37(30(40)41)31(3,4)5/h7-9,11-16,24H,6,10,17-19H2,1-5H3,(H,40,41). The zero-order valence-electron chi connectivity index (χ0n) is 24.5. The van der Waals surface area contributed by atoms with Gasteiger partial charge in [0, 0.05) is 29.2 Å². The Bertz CT molecular complexity index is 1610. The van der Waals surface area contributed by atoms with E-state index in [1.807, 2.05) is 58.0 Å². The van der Waals surface area contributed by atoms with Gasteiger partial charge in [-0.1, -0.05) is 54.0 Å². The number of benzene rings is 2. The fraction of sp³-hybridized carbons (Fsp3) is 0.387. The molecule has 0 spiro atoms. The molecule has 2 aromatic carbocycles. The molecule has 2 aromatic heterocycles. The highest BCUT2D eigenvalue weighted by Gasteiger charge is 2.32. The van der Waals surface area contributed by atoms with E-state index in [0.29, 0.717) is 40.3 Å². The molecule has 222 valence electrons. The van der Waals surface area contributed by atoms with Crippen LogP contribution in [0, 0.1) is 6.92 Å². The van der Waals surface area contributed by atoms with Gasteiger partial charge in [0.25, 0.3) is 17.2 Å². The van der Waals surface area contributed by atoms with E-state index < -0.39 is 17.7 Å². The SMILES string of the molecule is CCC(c1nc2onc(C)c2c(=O)n1Cc1ccccc1)N(CCCN(C(=O)O)C(C)(C)C)C(=O)c1ccc(Cl)cc1. The second-order valence-electron chi connectivity index (χ2n) is 11.2. The smallest absolute Gasteiger partial charge is 0.407 e. The van der Waals surface area contributed by atoms with Crippen LogP contribution in [-0.4, -0.2) is 60.2 Å². The summed E-state index contributed by atoms with van der Waals surface area (Å²) < 4.78 is 7.00. The highest BCUT2D eigenvalue weighted by atomic mass is 35.5. The topological polar surface area (TPSA) is 122 Å². The molecule has 10 nitrogen and oxygen atoms in total. The van der Waals surface area contributed by atoms with Gasteiger partial charge in [-0.25, -0.2) is 4.79 Å². The van der Waals surface area contributed by atoms with Gasteiger partial charge in [0.1, 0.15) is 11.2 Å². The number of carboxylic acid groups (broad SMARTS) is 1. The third kappa shape index (κ3) is 6.65. The molecule has 0 radical (unpaired) electrons. The van der Waals surface area contributed by atoms with Gasteiger partial charge in [0.2, 0.25) is 0 Å². The number of aryl methyl sites for hydroxylation is 1. The van der Waals surface area contributed by atoms with Crippen molar-refractivity contribution in [2.75, 3.05) is 13.1 Å². The van der Waals surface area contributed by atoms with Gasteiger partial charge in [-0.05, 0) is 70.4 Å². The van der Waals surface area contributed by atoms with Crippen LogP contribution in [0.3, 0.4) is 0 Å². The van der Waals surface area contributed by atoms with Gasteiger partial charge in [0.05, 0.1) is 18.3 Å². The number of hydrogen-bond donors (Lipinski definition) is 1. The van der Waals surface area contributed by atoms with Crippen LogP contribution >= 0.6 is 11.6 Å². The van der Waals surface area contributed by atoms with E-state index in [4.69, 9.17) is 21.1 Å². The molecule has 1 atom stereocenters. The maximum absolute atomic E-state index is 14.1. The summed E-state index contributed by atoms with van der Waals surface area (Å²) in [4.78, 5) is 47.7. The summed E-state index contributed by atoms with van der Waals surface area (Å²) in [6.07, 6.45) is -0.234. The monoisotopic (exact) mass is 593 g/mol. The van der Waals surface area contributed by atoms with E-state index in [9.17, 15) is 19.5 Å². The molecule has 2 heterocycles. The number of hydrogen-bond acceptors (Lipinski definition) is 6. The van der Waals surface area contributed by atoms with E-state index in [0.717, 1.165) is 5.56 Å². The minimum absolute atomic E-state index is 0.110. The number of amides is 2. The maximum atomic E-state index is 14.1. The molecule has 4 aromatic rings. The molecular formula is C31H36ClN5O5. The molecule has 42 heavy (non-hydrogen) atoms. The van der Waals surface area contributed by atoms with E-state index in [-0.39, 0.29) is 36.8 Å². The lowest BCUT2D eigenvalue weighted by molar-refractivity contribution is 0.0628. The summed E-state index contributed by atoms with van der Waals surface area (Å²) >= 11 is 6.09. The van der Waals surface area contributed by atoms with Crippen LogP contribution in [0.4, 0.5) is 4.79 Å². The van der Waals surface area contributed by atoms with Gasteiger partial charge in [0.15, 0.2) is 0 Å². The number of halogens is 1. The fourth-order valence-corrected chi connectivity index (χ4v) is 5.20. The summed E-state index contributed by atoms with van der Waals surface area (Å²) in [5, 5.41) is 14.6. The van der Waals surface area contributed by atoms with Crippen LogP contribution in [0.1, 0.15) is 74.0 Å². The Morgan fingerprint density at radius 2 is 1.74 bits per heavy atom. The molecule has 0 saturated carbocycles. The van der Waals surface area contributed by atoms with Crippen molar-refractivity contribution < 1.29 is 19.2 Å². The van der Waals surface area contributed by atoms with E-state index >= 15 is 0 Å². The summed E-state index contributed by atoms with van der Waals surface area (Å²) in [7, 11) is 0. The zero-order chi connectivity index (χ0) is 30.6. The van der Waals surface area contributed by atoms with Crippen molar-refractivity contribution in [3.05, 3.63) is 92.6 Å². The third-order valence-corrected chi connectivity index (χ3v) is 7.47. The molecule has 0 fully saturated rings. The van der Waals surface area contributed by atoms with Crippen LogP contribution in [0.2, 0.25) is 5.02 Å². The lowest BCUT2D eigenvalue weighted by atomic mass is 10.1. The van der Waals surface area contributed by atoms with Crippen LogP contribution in [-0.2, 0) is 6.54 Å². The minimum Gasteiger partial charge on any atom is -0.465 e. The lowest BCUT2D eigenvalue weighted by Crippen LogP contribution is -2.46. The highest BCUT2D eigenvalue weighted by molar-refractivity contribution is 6.30. The van der Waals surface area contributed by atoms with E-state index in [1.54, 1.807) is 40.7 Å². The van der Waals surface area contributed by atoms with Crippen LogP contribution in [0.25, 0.3) is 11.1 Å². The molecule has 0 bridgehead atoms. The Hall–Kier alpha value is -4.18. The van der Waals surface area contributed by atoms with Gasteiger partial charge in [-0.3, -0.25) is 14.2 Å². The molecule has 4 rings (SSSR count). The number of rotatable bonds is 10. The molecule has 1 N–H and O–H groups in total. The van der Waals surface area contributed by atoms with Crippen molar-refractivity contribution in [2.24, 2.45) is 0 Å². The van der Waals surface area contributed by atoms with Crippen molar-refractivity contribution in [3.63, 3.8) is 0 Å². The normalized spacial score (nSPS) is 12.3. The molecule has 11 heteroatoms. The first-order chi connectivity index (χ1) is 19.9. The molecule has 0 aliphatic rings. The van der Waals surface area contributed by atoms with Crippen LogP contribution in [0.15, 0.2) is 63.9 Å². The maximum Gasteiger partial charge on any atom is 0.407 e. The van der Waals surface area contributed by atoms with Crippen LogP contribution in [0.5, 0.6) is 0 Å². The Morgan fingerprint density at radius 3 is 2.33 bits per heavy atom. The average molecular weight is 594 g/mol. The minimum atomic E-state index is -1.03. The summed E-state index contributed by atoms with van der Waals surface area (Å²) in [5.74, 6) is 0.0775. The second-order valence-corrected chi connectivity index (χ2v) is 11.6. The second kappa shape index (κ2) is 12.8. The molecule has 0 aliphatic carbocycles. The number of fused-ring (bicyclic) bond motifs is 1. The summed E-state index contributed by atoms with van der Waals surface area (Å²) in [5.41, 5.74) is 0.933. The number of nitrogens with zero attached hydrogens (tertiary/aromatic N) is 5. The summed E-state index contributed by atoms with van der Waals surface area (Å²) in [6, 6.07) is 15.5. The van der Waals surface area contributed by atoms with Crippen molar-refractivity contribution in [2.45, 2.75) is 65.6 Å². The number of carbonyl (C=O) groups is 2. The van der Waals surface area contributed by atoms with Gasteiger partial charge in [-0.2, -0.15) is 4.98 Å². The van der Waals surface area contributed by atoms with E-state index in [2.05, 4.69) is 5.16 Å². The fourth-order valence-electron chi connectivity index (χ4n) is 5.07. The number of carbonyl (C=O) groups excluding carboxylic acids is 1. The predicted octanol–water partition coefficient (Wildman–Crippen LogP) is 6.16. The third-order valence-electron chi connectivity index (χ3n) is 7.21. The first kappa shape index (κ1) is 30.8. The molecule has 1 unspecified atom stereocenters. The Morgan fingerprint density at radius 1 is 1.07 bits per heavy atom. The van der Waals surface area contributed by atoms with Gasteiger partial charge >= 0.3 is 6.09 Å². The number of aromatic nitrogens is 3. The Labute approximate surface area is 249 Å². The van der Waals surface area contributed by atoms with Crippen molar-refractivity contribution in [1.82, 2.24) is 24.5 Å². The molecular weight excluding hydrogens is 558 g/mol. The highest BCUT2D eigenvalue weighted by Crippen LogP contribution is 2.28. The molecule has 2 amide bonds. The molecule has 0 saturated heterocycles. The van der Waals surface area contributed by atoms with Gasteiger partial charge in [-0.15, -0.1) is 0 Å². The van der Waals surface area contributed by atoms with Crippen LogP contribution < -0.4 is 5.56 Å². The van der Waals surface area contributed by atoms with Crippen molar-refractivity contribution in [3.8, 4) is 0 Å². The first-order valence-electron chi connectivity index (χ1n) is 13.9. The molecule has 0 aliphatic heterocycles. The van der Waals surface area contributed by atoms with Crippen molar-refractivity contribution >= 4 is 34.7 Å². The van der Waals surface area contributed by atoms with Crippen molar-refractivity contribution in [1.29, 1.82) is 0 Å². The zero-order valence-corrected chi connectivity index (χ0v) is 25.3. The quantitative estimate of drug-likeness (QED) is 0.234. The predicted molar refractivity (Wildman–Crippen MR) is 161 cm³/mol. The first-order valence-corrected chi connectivity index (χ1v) is 14.3. The summed E-state index contributed by atoms with van der Waals surface area (Å²) in [6.45, 7) is 9.75. The van der Waals surface area contributed by atoms with E-state index in [1.165, 1.54) is 4.90 Å². The Kier molecular flexibility index (Phi) is 9.36. The average Bonchev–Trinajstić information content (AvgIpc) is 3.32. The largest absolute Gasteiger partial charge is 0.465 e. The Balaban J connectivity index is 1.81. The lowest BCUT2D eigenvalue weighted by Gasteiger charge is -2.35. The van der Waals surface area contributed by atoms with Gasteiger partial charge < -0.3 is 19.4 Å².